The first-order valence-corrected chi connectivity index (χ1v) is 11.5. The monoisotopic (exact) mass is 473 g/mol. The van der Waals surface area contributed by atoms with Crippen molar-refractivity contribution in [2.45, 2.75) is 27.3 Å². The Hall–Kier alpha value is -2.54. The lowest BCUT2D eigenvalue weighted by molar-refractivity contribution is 0.101. The Morgan fingerprint density at radius 1 is 1.19 bits per heavy atom. The number of aryl methyl sites for hydroxylation is 2. The fourth-order valence-electron chi connectivity index (χ4n) is 3.69. The number of carbonyl (C=O) groups excluding carboxylic acids is 1. The molecule has 0 fully saturated rings. The predicted molar refractivity (Wildman–Crippen MR) is 129 cm³/mol. The lowest BCUT2D eigenvalue weighted by Gasteiger charge is -2.08. The molecule has 0 bridgehead atoms. The van der Waals surface area contributed by atoms with Crippen LogP contribution in [-0.2, 0) is 6.54 Å². The van der Waals surface area contributed by atoms with E-state index >= 15 is 0 Å². The number of hydrogen-bond acceptors (Lipinski definition) is 4. The first-order chi connectivity index (χ1) is 14.9. The number of carbonyl (C=O) groups is 1. The van der Waals surface area contributed by atoms with Gasteiger partial charge in [-0.25, -0.2) is 4.98 Å². The van der Waals surface area contributed by atoms with Crippen LogP contribution in [0.15, 0.2) is 41.8 Å². The number of rotatable bonds is 6. The molecule has 0 saturated heterocycles. The van der Waals surface area contributed by atoms with E-state index in [0.717, 1.165) is 27.8 Å². The average Bonchev–Trinajstić information content (AvgIpc) is 3.30. The van der Waals surface area contributed by atoms with E-state index < -0.39 is 0 Å². The summed E-state index contributed by atoms with van der Waals surface area (Å²) in [6.07, 6.45) is 0. The van der Waals surface area contributed by atoms with Gasteiger partial charge in [-0.15, -0.1) is 11.3 Å². The minimum absolute atomic E-state index is 0.198. The van der Waals surface area contributed by atoms with Crippen LogP contribution < -0.4 is 10.1 Å². The second-order valence-electron chi connectivity index (χ2n) is 6.95. The molecule has 0 unspecified atom stereocenters. The van der Waals surface area contributed by atoms with Gasteiger partial charge in [0.25, 0.3) is 5.91 Å². The maximum absolute atomic E-state index is 13.2. The topological polar surface area (TPSA) is 56.1 Å². The van der Waals surface area contributed by atoms with Gasteiger partial charge in [-0.1, -0.05) is 23.2 Å². The molecule has 0 spiro atoms. The first kappa shape index (κ1) is 21.7. The summed E-state index contributed by atoms with van der Waals surface area (Å²) in [5.74, 6) is 0.597. The van der Waals surface area contributed by atoms with Crippen molar-refractivity contribution in [3.05, 3.63) is 63.1 Å². The molecule has 160 valence electrons. The Morgan fingerprint density at radius 2 is 2.00 bits per heavy atom. The standard InChI is InChI=1S/C23H21Cl2N3O2S/c1-4-28-20-9-7-15(30-5-2)11-17(20)13(3)21(28)22(29)27-23-26-19(12-31-23)16-8-6-14(24)10-18(16)25/h6-12H,4-5H2,1-3H3,(H,26,27,29). The fraction of sp³-hybridized carbons (Fsp3) is 0.217. The van der Waals surface area contributed by atoms with Crippen molar-refractivity contribution >= 4 is 56.5 Å². The first-order valence-electron chi connectivity index (χ1n) is 9.90. The van der Waals surface area contributed by atoms with Crippen LogP contribution in [0.25, 0.3) is 22.2 Å². The lowest BCUT2D eigenvalue weighted by atomic mass is 10.1. The van der Waals surface area contributed by atoms with E-state index in [-0.39, 0.29) is 5.91 Å². The van der Waals surface area contributed by atoms with Gasteiger partial charge in [0.2, 0.25) is 0 Å². The quantitative estimate of drug-likeness (QED) is 0.326. The number of aromatic nitrogens is 2. The molecule has 2 aromatic carbocycles. The third kappa shape index (κ3) is 4.15. The van der Waals surface area contributed by atoms with Crippen molar-refractivity contribution in [1.82, 2.24) is 9.55 Å². The van der Waals surface area contributed by atoms with Gasteiger partial charge >= 0.3 is 0 Å². The summed E-state index contributed by atoms with van der Waals surface area (Å²) in [6, 6.07) is 11.2. The summed E-state index contributed by atoms with van der Waals surface area (Å²) in [5, 5.41) is 7.40. The Labute approximate surface area is 194 Å². The van der Waals surface area contributed by atoms with Gasteiger partial charge in [0, 0.05) is 33.4 Å². The van der Waals surface area contributed by atoms with E-state index in [4.69, 9.17) is 27.9 Å². The molecule has 0 aliphatic rings. The predicted octanol–water partition coefficient (Wildman–Crippen LogP) is 7.05. The van der Waals surface area contributed by atoms with Crippen LogP contribution in [0, 0.1) is 6.92 Å². The minimum atomic E-state index is -0.198. The zero-order valence-corrected chi connectivity index (χ0v) is 19.7. The molecule has 0 saturated carbocycles. The normalized spacial score (nSPS) is 11.1. The van der Waals surface area contributed by atoms with Gasteiger partial charge in [-0.2, -0.15) is 0 Å². The van der Waals surface area contributed by atoms with Crippen molar-refractivity contribution in [1.29, 1.82) is 0 Å². The van der Waals surface area contributed by atoms with E-state index in [9.17, 15) is 4.79 Å². The number of hydrogen-bond donors (Lipinski definition) is 1. The third-order valence-electron chi connectivity index (χ3n) is 5.06. The van der Waals surface area contributed by atoms with Crippen LogP contribution in [0.2, 0.25) is 10.0 Å². The largest absolute Gasteiger partial charge is 0.494 e. The number of ether oxygens (including phenoxy) is 1. The molecule has 1 amide bonds. The van der Waals surface area contributed by atoms with Gasteiger partial charge in [0.15, 0.2) is 5.13 Å². The van der Waals surface area contributed by atoms with Crippen molar-refractivity contribution in [3.63, 3.8) is 0 Å². The van der Waals surface area contributed by atoms with Crippen molar-refractivity contribution in [3.8, 4) is 17.0 Å². The number of thiazole rings is 1. The molecule has 4 aromatic rings. The van der Waals surface area contributed by atoms with Crippen LogP contribution >= 0.6 is 34.5 Å². The highest BCUT2D eigenvalue weighted by molar-refractivity contribution is 7.14. The lowest BCUT2D eigenvalue weighted by Crippen LogP contribution is -2.17. The summed E-state index contributed by atoms with van der Waals surface area (Å²) < 4.78 is 7.65. The van der Waals surface area contributed by atoms with Crippen molar-refractivity contribution in [2.24, 2.45) is 0 Å². The maximum Gasteiger partial charge on any atom is 0.274 e. The smallest absolute Gasteiger partial charge is 0.274 e. The SMILES string of the molecule is CCOc1ccc2c(c1)c(C)c(C(=O)Nc1nc(-c3ccc(Cl)cc3Cl)cs1)n2CC. The van der Waals surface area contributed by atoms with Gasteiger partial charge < -0.3 is 9.30 Å². The van der Waals surface area contributed by atoms with E-state index in [2.05, 4.69) is 10.3 Å². The van der Waals surface area contributed by atoms with E-state index in [1.165, 1.54) is 11.3 Å². The molecule has 5 nitrogen and oxygen atoms in total. The van der Waals surface area contributed by atoms with Crippen molar-refractivity contribution in [2.75, 3.05) is 11.9 Å². The molecule has 2 aromatic heterocycles. The molecule has 31 heavy (non-hydrogen) atoms. The highest BCUT2D eigenvalue weighted by atomic mass is 35.5. The van der Waals surface area contributed by atoms with Gasteiger partial charge in [0.1, 0.15) is 11.4 Å². The van der Waals surface area contributed by atoms with E-state index in [1.54, 1.807) is 12.1 Å². The molecule has 1 N–H and O–H groups in total. The fourth-order valence-corrected chi connectivity index (χ4v) is 4.90. The summed E-state index contributed by atoms with van der Waals surface area (Å²) in [6.45, 7) is 7.20. The maximum atomic E-state index is 13.2. The molecule has 2 heterocycles. The highest BCUT2D eigenvalue weighted by Gasteiger charge is 2.21. The number of anilines is 1. The number of nitrogens with one attached hydrogen (secondary N) is 1. The van der Waals surface area contributed by atoms with E-state index in [0.29, 0.717) is 39.7 Å². The van der Waals surface area contributed by atoms with Crippen molar-refractivity contribution < 1.29 is 9.53 Å². The van der Waals surface area contributed by atoms with Crippen LogP contribution in [-0.4, -0.2) is 22.1 Å². The minimum Gasteiger partial charge on any atom is -0.494 e. The second-order valence-corrected chi connectivity index (χ2v) is 8.65. The average molecular weight is 474 g/mol. The van der Waals surface area contributed by atoms with Gasteiger partial charge in [-0.05, 0) is 62.7 Å². The molecule has 8 heteroatoms. The number of halogens is 2. The van der Waals surface area contributed by atoms with Gasteiger partial charge in [-0.3, -0.25) is 10.1 Å². The second kappa shape index (κ2) is 8.91. The molecule has 0 aliphatic heterocycles. The van der Waals surface area contributed by atoms with Crippen LogP contribution in [0.1, 0.15) is 29.9 Å². The summed E-state index contributed by atoms with van der Waals surface area (Å²) >= 11 is 13.6. The number of benzene rings is 2. The Morgan fingerprint density at radius 3 is 2.71 bits per heavy atom. The van der Waals surface area contributed by atoms with Crippen LogP contribution in [0.4, 0.5) is 5.13 Å². The molecule has 0 radical (unpaired) electrons. The van der Waals surface area contributed by atoms with Gasteiger partial charge in [0.05, 0.1) is 17.3 Å². The summed E-state index contributed by atoms with van der Waals surface area (Å²) in [5.41, 5.74) is 3.99. The number of amides is 1. The zero-order chi connectivity index (χ0) is 22.1. The molecule has 0 atom stereocenters. The number of fused-ring (bicyclic) bond motifs is 1. The summed E-state index contributed by atoms with van der Waals surface area (Å²) in [4.78, 5) is 17.8. The molecular weight excluding hydrogens is 453 g/mol. The molecule has 4 rings (SSSR count). The van der Waals surface area contributed by atoms with E-state index in [1.807, 2.05) is 55.0 Å². The zero-order valence-electron chi connectivity index (χ0n) is 17.3. The van der Waals surface area contributed by atoms with Crippen LogP contribution in [0.5, 0.6) is 5.75 Å². The van der Waals surface area contributed by atoms with Crippen LogP contribution in [0.3, 0.4) is 0 Å². The molecule has 0 aliphatic carbocycles. The highest BCUT2D eigenvalue weighted by Crippen LogP contribution is 2.33. The third-order valence-corrected chi connectivity index (χ3v) is 6.37. The molecular formula is C23H21Cl2N3O2S. The Balaban J connectivity index is 1.66. The summed E-state index contributed by atoms with van der Waals surface area (Å²) in [7, 11) is 0. The Kier molecular flexibility index (Phi) is 6.23. The Bertz CT molecular complexity index is 1280. The number of nitrogens with zero attached hydrogens (tertiary/aromatic N) is 2.